The summed E-state index contributed by atoms with van der Waals surface area (Å²) in [6.45, 7) is 9.92. The Labute approximate surface area is 193 Å². The van der Waals surface area contributed by atoms with E-state index in [1.807, 2.05) is 18.5 Å². The number of hydrogen-bond acceptors (Lipinski definition) is 5. The summed E-state index contributed by atoms with van der Waals surface area (Å²) >= 11 is 0. The number of para-hydroxylation sites is 1. The van der Waals surface area contributed by atoms with E-state index in [4.69, 9.17) is 4.99 Å². The minimum atomic E-state index is 0.524. The number of aryl methyl sites for hydroxylation is 1. The maximum Gasteiger partial charge on any atom is 0.194 e. The first kappa shape index (κ1) is 24.0. The van der Waals surface area contributed by atoms with Crippen molar-refractivity contribution in [2.45, 2.75) is 45.7 Å². The molecular formula is C24H40N8. The van der Waals surface area contributed by atoms with Crippen molar-refractivity contribution in [2.75, 3.05) is 51.7 Å². The minimum absolute atomic E-state index is 0.524. The first-order valence-electron chi connectivity index (χ1n) is 11.8. The molecule has 0 spiro atoms. The molecule has 8 nitrogen and oxygen atoms in total. The van der Waals surface area contributed by atoms with Gasteiger partial charge in [0.25, 0.3) is 0 Å². The van der Waals surface area contributed by atoms with E-state index in [2.05, 4.69) is 81.6 Å². The fourth-order valence-electron chi connectivity index (χ4n) is 4.29. The van der Waals surface area contributed by atoms with Gasteiger partial charge >= 0.3 is 0 Å². The van der Waals surface area contributed by atoms with E-state index in [1.54, 1.807) is 0 Å². The lowest BCUT2D eigenvalue weighted by Crippen LogP contribution is -2.46. The molecule has 176 valence electrons. The van der Waals surface area contributed by atoms with E-state index in [9.17, 15) is 0 Å². The van der Waals surface area contributed by atoms with E-state index in [0.29, 0.717) is 12.6 Å². The molecule has 1 aromatic heterocycles. The Morgan fingerprint density at radius 2 is 2.00 bits per heavy atom. The zero-order valence-corrected chi connectivity index (χ0v) is 20.5. The Bertz CT molecular complexity index is 847. The van der Waals surface area contributed by atoms with Crippen LogP contribution >= 0.6 is 0 Å². The van der Waals surface area contributed by atoms with Gasteiger partial charge in [-0.05, 0) is 51.4 Å². The van der Waals surface area contributed by atoms with Gasteiger partial charge in [0.2, 0.25) is 0 Å². The largest absolute Gasteiger partial charge is 0.375 e. The molecule has 0 aliphatic carbocycles. The summed E-state index contributed by atoms with van der Waals surface area (Å²) in [5, 5.41) is 12.0. The number of benzene rings is 1. The number of aromatic nitrogens is 3. The van der Waals surface area contributed by atoms with Crippen molar-refractivity contribution in [3.05, 3.63) is 42.0 Å². The van der Waals surface area contributed by atoms with Crippen LogP contribution in [0.25, 0.3) is 0 Å². The molecule has 1 N–H and O–H groups in total. The average molecular weight is 441 g/mol. The Balaban J connectivity index is 1.59. The molecule has 0 amide bonds. The van der Waals surface area contributed by atoms with Gasteiger partial charge in [0, 0.05) is 52.5 Å². The number of likely N-dealkylation sites (tertiary alicyclic amines) is 1. The summed E-state index contributed by atoms with van der Waals surface area (Å²) < 4.78 is 2.01. The summed E-state index contributed by atoms with van der Waals surface area (Å²) in [6, 6.07) is 11.1. The molecule has 1 aromatic carbocycles. The average Bonchev–Trinajstić information content (AvgIpc) is 3.39. The number of likely N-dealkylation sites (N-methyl/N-ethyl adjacent to an activating group) is 2. The monoisotopic (exact) mass is 440 g/mol. The fourth-order valence-corrected chi connectivity index (χ4v) is 4.29. The second kappa shape index (κ2) is 11.9. The molecule has 1 aliphatic rings. The number of nitrogens with zero attached hydrogens (tertiary/aromatic N) is 7. The van der Waals surface area contributed by atoms with Crippen molar-refractivity contribution in [3.8, 4) is 0 Å². The molecule has 32 heavy (non-hydrogen) atoms. The Hall–Kier alpha value is -2.61. The topological polar surface area (TPSA) is 64.8 Å². The van der Waals surface area contributed by atoms with Gasteiger partial charge in [0.15, 0.2) is 11.8 Å². The molecule has 1 saturated heterocycles. The third-order valence-corrected chi connectivity index (χ3v) is 6.45. The number of hydrogen-bond donors (Lipinski definition) is 1. The SMILES string of the molecule is CCN1CCCC1CN(C)C(=NCc1nnc(C)n1C)NCCCN(C)c1ccccc1. The predicted octanol–water partition coefficient (Wildman–Crippen LogP) is 2.51. The summed E-state index contributed by atoms with van der Waals surface area (Å²) in [6.07, 6.45) is 3.58. The molecule has 3 rings (SSSR count). The third kappa shape index (κ3) is 6.45. The zero-order chi connectivity index (χ0) is 22.9. The molecule has 8 heteroatoms. The number of guanidine groups is 1. The summed E-state index contributed by atoms with van der Waals surface area (Å²) in [5.41, 5.74) is 1.25. The smallest absolute Gasteiger partial charge is 0.194 e. The van der Waals surface area contributed by atoms with Crippen LogP contribution in [-0.4, -0.2) is 83.4 Å². The molecule has 2 aromatic rings. The predicted molar refractivity (Wildman–Crippen MR) is 132 cm³/mol. The van der Waals surface area contributed by atoms with Gasteiger partial charge in [0.05, 0.1) is 0 Å². The van der Waals surface area contributed by atoms with E-state index in [0.717, 1.165) is 50.2 Å². The van der Waals surface area contributed by atoms with Crippen LogP contribution in [-0.2, 0) is 13.6 Å². The normalized spacial score (nSPS) is 17.0. The second-order valence-electron chi connectivity index (χ2n) is 8.70. The van der Waals surface area contributed by atoms with Crippen LogP contribution in [0.15, 0.2) is 35.3 Å². The highest BCUT2D eigenvalue weighted by Gasteiger charge is 2.25. The highest BCUT2D eigenvalue weighted by molar-refractivity contribution is 5.79. The first-order chi connectivity index (χ1) is 15.5. The number of rotatable bonds is 10. The number of anilines is 1. The van der Waals surface area contributed by atoms with Crippen molar-refractivity contribution in [2.24, 2.45) is 12.0 Å². The van der Waals surface area contributed by atoms with Gasteiger partial charge in [-0.2, -0.15) is 0 Å². The van der Waals surface area contributed by atoms with Gasteiger partial charge in [0.1, 0.15) is 12.4 Å². The number of nitrogens with one attached hydrogen (secondary N) is 1. The first-order valence-corrected chi connectivity index (χ1v) is 11.8. The highest BCUT2D eigenvalue weighted by Crippen LogP contribution is 2.17. The van der Waals surface area contributed by atoms with Gasteiger partial charge < -0.3 is 19.7 Å². The zero-order valence-electron chi connectivity index (χ0n) is 20.5. The van der Waals surface area contributed by atoms with Crippen molar-refractivity contribution >= 4 is 11.6 Å². The molecule has 1 fully saturated rings. The fraction of sp³-hybridized carbons (Fsp3) is 0.625. The molecule has 0 bridgehead atoms. The third-order valence-electron chi connectivity index (χ3n) is 6.45. The quantitative estimate of drug-likeness (QED) is 0.348. The lowest BCUT2D eigenvalue weighted by Gasteiger charge is -2.30. The van der Waals surface area contributed by atoms with Crippen LogP contribution < -0.4 is 10.2 Å². The molecular weight excluding hydrogens is 400 g/mol. The van der Waals surface area contributed by atoms with E-state index >= 15 is 0 Å². The van der Waals surface area contributed by atoms with Crippen molar-refractivity contribution in [3.63, 3.8) is 0 Å². The van der Waals surface area contributed by atoms with Crippen LogP contribution in [0.3, 0.4) is 0 Å². The number of aliphatic imine (C=N–C) groups is 1. The summed E-state index contributed by atoms with van der Waals surface area (Å²) in [5.74, 6) is 2.73. The molecule has 1 aliphatic heterocycles. The molecule has 0 saturated carbocycles. The molecule has 1 atom stereocenters. The summed E-state index contributed by atoms with van der Waals surface area (Å²) in [7, 11) is 6.29. The van der Waals surface area contributed by atoms with Gasteiger partial charge in [-0.25, -0.2) is 4.99 Å². The minimum Gasteiger partial charge on any atom is -0.375 e. The van der Waals surface area contributed by atoms with Gasteiger partial charge in [-0.1, -0.05) is 25.1 Å². The summed E-state index contributed by atoms with van der Waals surface area (Å²) in [4.78, 5) is 12.1. The molecule has 0 radical (unpaired) electrons. The van der Waals surface area contributed by atoms with E-state index < -0.39 is 0 Å². The maximum absolute atomic E-state index is 4.91. The lowest BCUT2D eigenvalue weighted by molar-refractivity contribution is 0.232. The Morgan fingerprint density at radius 1 is 1.22 bits per heavy atom. The van der Waals surface area contributed by atoms with Crippen LogP contribution in [0.5, 0.6) is 0 Å². The van der Waals surface area contributed by atoms with Crippen LogP contribution in [0.1, 0.15) is 37.8 Å². The van der Waals surface area contributed by atoms with Crippen molar-refractivity contribution in [1.29, 1.82) is 0 Å². The van der Waals surface area contributed by atoms with Gasteiger partial charge in [-0.3, -0.25) is 4.90 Å². The lowest BCUT2D eigenvalue weighted by atomic mass is 10.2. The Kier molecular flexibility index (Phi) is 8.90. The molecule has 2 heterocycles. The van der Waals surface area contributed by atoms with Crippen LogP contribution in [0.2, 0.25) is 0 Å². The standard InChI is InChI=1S/C24H40N8/c1-6-32-17-10-14-22(32)19-30(4)24(26-18-23-28-27-20(2)31(23)5)25-15-11-16-29(3)21-12-8-7-9-13-21/h7-9,12-13,22H,6,10-11,14-19H2,1-5H3,(H,25,26). The van der Waals surface area contributed by atoms with Crippen molar-refractivity contribution in [1.82, 2.24) is 29.9 Å². The maximum atomic E-state index is 4.91. The Morgan fingerprint density at radius 3 is 2.69 bits per heavy atom. The van der Waals surface area contributed by atoms with Crippen LogP contribution in [0.4, 0.5) is 5.69 Å². The molecule has 1 unspecified atom stereocenters. The van der Waals surface area contributed by atoms with E-state index in [1.165, 1.54) is 25.1 Å². The second-order valence-corrected chi connectivity index (χ2v) is 8.70. The van der Waals surface area contributed by atoms with E-state index in [-0.39, 0.29) is 0 Å². The highest BCUT2D eigenvalue weighted by atomic mass is 15.3. The van der Waals surface area contributed by atoms with Crippen LogP contribution in [0, 0.1) is 6.92 Å². The van der Waals surface area contributed by atoms with Gasteiger partial charge in [-0.15, -0.1) is 10.2 Å². The van der Waals surface area contributed by atoms with Crippen molar-refractivity contribution < 1.29 is 0 Å².